The molecule has 0 aliphatic heterocycles. The summed E-state index contributed by atoms with van der Waals surface area (Å²) in [7, 11) is 0. The first-order valence-electron chi connectivity index (χ1n) is 6.49. The predicted molar refractivity (Wildman–Crippen MR) is 72.8 cm³/mol. The molecule has 0 saturated carbocycles. The van der Waals surface area contributed by atoms with Gasteiger partial charge < -0.3 is 0 Å². The van der Waals surface area contributed by atoms with Crippen molar-refractivity contribution in [2.45, 2.75) is 12.6 Å². The van der Waals surface area contributed by atoms with E-state index in [9.17, 15) is 13.2 Å². The van der Waals surface area contributed by atoms with Gasteiger partial charge in [0.15, 0.2) is 0 Å². The lowest BCUT2D eigenvalue weighted by molar-refractivity contribution is -0.138. The fourth-order valence-corrected chi connectivity index (χ4v) is 2.81. The number of para-hydroxylation sites is 2. The highest BCUT2D eigenvalue weighted by molar-refractivity contribution is 5.82. The molecule has 2 aromatic carbocycles. The van der Waals surface area contributed by atoms with E-state index in [0.29, 0.717) is 28.0 Å². The van der Waals surface area contributed by atoms with Gasteiger partial charge >= 0.3 is 6.18 Å². The van der Waals surface area contributed by atoms with E-state index >= 15 is 0 Å². The Labute approximate surface area is 118 Å². The van der Waals surface area contributed by atoms with Crippen LogP contribution in [0.3, 0.4) is 0 Å². The summed E-state index contributed by atoms with van der Waals surface area (Å²) in [5, 5.41) is 0. The van der Waals surface area contributed by atoms with Gasteiger partial charge in [0.1, 0.15) is 0 Å². The second kappa shape index (κ2) is 4.04. The Balaban J connectivity index is 1.99. The van der Waals surface area contributed by atoms with Gasteiger partial charge in [-0.1, -0.05) is 24.3 Å². The van der Waals surface area contributed by atoms with Crippen LogP contribution in [0.1, 0.15) is 16.8 Å². The molecule has 0 fully saturated rings. The molecule has 2 nitrogen and oxygen atoms in total. The summed E-state index contributed by atoms with van der Waals surface area (Å²) >= 11 is 0. The minimum absolute atomic E-state index is 0.179. The van der Waals surface area contributed by atoms with Gasteiger partial charge in [-0.3, -0.25) is 0 Å². The van der Waals surface area contributed by atoms with Crippen molar-refractivity contribution in [3.63, 3.8) is 0 Å². The summed E-state index contributed by atoms with van der Waals surface area (Å²) in [6.07, 6.45) is -4.18. The molecule has 1 aliphatic carbocycles. The zero-order valence-corrected chi connectivity index (χ0v) is 10.8. The third kappa shape index (κ3) is 1.81. The van der Waals surface area contributed by atoms with Crippen LogP contribution in [-0.2, 0) is 12.6 Å². The molecule has 0 N–H and O–H groups in total. The van der Waals surface area contributed by atoms with Gasteiger partial charge in [-0.25, -0.2) is 9.97 Å². The first-order chi connectivity index (χ1) is 10.0. The number of rotatable bonds is 0. The van der Waals surface area contributed by atoms with Crippen molar-refractivity contribution in [1.29, 1.82) is 0 Å². The minimum atomic E-state index is -4.35. The van der Waals surface area contributed by atoms with Crippen molar-refractivity contribution >= 4 is 11.0 Å². The Morgan fingerprint density at radius 3 is 2.29 bits per heavy atom. The third-order valence-electron chi connectivity index (χ3n) is 3.72. The van der Waals surface area contributed by atoms with E-state index in [2.05, 4.69) is 9.97 Å². The Morgan fingerprint density at radius 1 is 0.857 bits per heavy atom. The fourth-order valence-electron chi connectivity index (χ4n) is 2.81. The molecule has 0 radical (unpaired) electrons. The Morgan fingerprint density at radius 2 is 1.57 bits per heavy atom. The molecule has 0 spiro atoms. The quantitative estimate of drug-likeness (QED) is 0.483. The van der Waals surface area contributed by atoms with E-state index in [1.165, 1.54) is 6.07 Å². The zero-order chi connectivity index (χ0) is 14.6. The van der Waals surface area contributed by atoms with Crippen molar-refractivity contribution in [3.05, 3.63) is 59.3 Å². The zero-order valence-electron chi connectivity index (χ0n) is 10.8. The lowest BCUT2D eigenvalue weighted by Crippen LogP contribution is -2.08. The second-order valence-corrected chi connectivity index (χ2v) is 5.01. The van der Waals surface area contributed by atoms with Crippen LogP contribution in [0.2, 0.25) is 0 Å². The number of fused-ring (bicyclic) bond motifs is 4. The van der Waals surface area contributed by atoms with Crippen LogP contribution >= 0.6 is 0 Å². The van der Waals surface area contributed by atoms with E-state index in [4.69, 9.17) is 0 Å². The van der Waals surface area contributed by atoms with Gasteiger partial charge in [-0.15, -0.1) is 0 Å². The Hall–Kier alpha value is -2.43. The molecule has 1 aromatic heterocycles. The average Bonchev–Trinajstić information content (AvgIpc) is 2.81. The number of halogens is 3. The van der Waals surface area contributed by atoms with Crippen molar-refractivity contribution < 1.29 is 13.2 Å². The maximum Gasteiger partial charge on any atom is 0.416 e. The topological polar surface area (TPSA) is 25.8 Å². The van der Waals surface area contributed by atoms with E-state index in [0.717, 1.165) is 6.07 Å². The molecule has 4 rings (SSSR count). The molecule has 3 aromatic rings. The van der Waals surface area contributed by atoms with Crippen LogP contribution in [0.25, 0.3) is 22.3 Å². The monoisotopic (exact) mass is 286 g/mol. The summed E-state index contributed by atoms with van der Waals surface area (Å²) < 4.78 is 39.3. The molecule has 1 aliphatic rings. The van der Waals surface area contributed by atoms with Gasteiger partial charge in [0.2, 0.25) is 0 Å². The Bertz CT molecular complexity index is 869. The third-order valence-corrected chi connectivity index (χ3v) is 3.72. The second-order valence-electron chi connectivity index (χ2n) is 5.01. The lowest BCUT2D eigenvalue weighted by atomic mass is 10.0. The molecule has 0 saturated heterocycles. The van der Waals surface area contributed by atoms with Crippen molar-refractivity contribution in [2.24, 2.45) is 0 Å². The molecule has 0 bridgehead atoms. The number of nitrogens with zero attached hydrogens (tertiary/aromatic N) is 2. The number of alkyl halides is 3. The van der Waals surface area contributed by atoms with E-state index in [1.807, 2.05) is 24.3 Å². The van der Waals surface area contributed by atoms with E-state index in [-0.39, 0.29) is 12.0 Å². The summed E-state index contributed by atoms with van der Waals surface area (Å²) in [5.74, 6) is 0. The summed E-state index contributed by atoms with van der Waals surface area (Å²) in [5.41, 5.74) is 2.80. The molecule has 5 heteroatoms. The maximum atomic E-state index is 13.1. The molecular weight excluding hydrogens is 277 g/mol. The highest BCUT2D eigenvalue weighted by Crippen LogP contribution is 2.42. The standard InChI is InChI=1S/C16H9F3N2/c17-16(18,19)11-5-3-4-9-10(11)8-14-15(9)21-13-7-2-1-6-12(13)20-14/h1-7H,8H2. The van der Waals surface area contributed by atoms with E-state index in [1.54, 1.807) is 6.07 Å². The van der Waals surface area contributed by atoms with Crippen molar-refractivity contribution in [2.75, 3.05) is 0 Å². The van der Waals surface area contributed by atoms with Crippen LogP contribution in [0.15, 0.2) is 42.5 Å². The number of aromatic nitrogens is 2. The van der Waals surface area contributed by atoms with Gasteiger partial charge in [0.05, 0.1) is 28.0 Å². The van der Waals surface area contributed by atoms with Crippen LogP contribution < -0.4 is 0 Å². The lowest BCUT2D eigenvalue weighted by Gasteiger charge is -2.11. The fraction of sp³-hybridized carbons (Fsp3) is 0.125. The maximum absolute atomic E-state index is 13.1. The molecule has 1 heterocycles. The van der Waals surface area contributed by atoms with Crippen LogP contribution in [-0.4, -0.2) is 9.97 Å². The summed E-state index contributed by atoms with van der Waals surface area (Å²) in [6.45, 7) is 0. The molecule has 104 valence electrons. The average molecular weight is 286 g/mol. The summed E-state index contributed by atoms with van der Waals surface area (Å²) in [6, 6.07) is 11.5. The predicted octanol–water partition coefficient (Wildman–Crippen LogP) is 4.22. The van der Waals surface area contributed by atoms with Crippen molar-refractivity contribution in [3.8, 4) is 11.3 Å². The van der Waals surface area contributed by atoms with Gasteiger partial charge in [-0.2, -0.15) is 13.2 Å². The highest BCUT2D eigenvalue weighted by Gasteiger charge is 2.37. The van der Waals surface area contributed by atoms with Crippen LogP contribution in [0, 0.1) is 0 Å². The first kappa shape index (κ1) is 12.3. The molecule has 0 unspecified atom stereocenters. The molecule has 0 atom stereocenters. The minimum Gasteiger partial charge on any atom is -0.249 e. The van der Waals surface area contributed by atoms with Crippen LogP contribution in [0.5, 0.6) is 0 Å². The largest absolute Gasteiger partial charge is 0.416 e. The normalized spacial score (nSPS) is 13.3. The Kier molecular flexibility index (Phi) is 2.37. The van der Waals surface area contributed by atoms with E-state index < -0.39 is 11.7 Å². The SMILES string of the molecule is FC(F)(F)c1cccc2c1Cc1nc3ccccc3nc1-2. The molecular formula is C16H9F3N2. The molecule has 21 heavy (non-hydrogen) atoms. The number of benzene rings is 2. The van der Waals surface area contributed by atoms with Crippen LogP contribution in [0.4, 0.5) is 13.2 Å². The molecule has 0 amide bonds. The summed E-state index contributed by atoms with van der Waals surface area (Å²) in [4.78, 5) is 8.95. The first-order valence-corrected chi connectivity index (χ1v) is 6.49. The van der Waals surface area contributed by atoms with Gasteiger partial charge in [-0.05, 0) is 23.8 Å². The smallest absolute Gasteiger partial charge is 0.249 e. The highest BCUT2D eigenvalue weighted by atomic mass is 19.4. The number of hydrogen-bond acceptors (Lipinski definition) is 2. The number of hydrogen-bond donors (Lipinski definition) is 0. The van der Waals surface area contributed by atoms with Crippen molar-refractivity contribution in [1.82, 2.24) is 9.97 Å². The van der Waals surface area contributed by atoms with Gasteiger partial charge in [0.25, 0.3) is 0 Å². The van der Waals surface area contributed by atoms with Gasteiger partial charge in [0, 0.05) is 12.0 Å².